The van der Waals surface area contributed by atoms with Gasteiger partial charge in [-0.3, -0.25) is 0 Å². The van der Waals surface area contributed by atoms with E-state index in [1.54, 1.807) is 0 Å². The van der Waals surface area contributed by atoms with Gasteiger partial charge in [-0.2, -0.15) is 0 Å². The van der Waals surface area contributed by atoms with Gasteiger partial charge < -0.3 is 4.90 Å². The predicted molar refractivity (Wildman–Crippen MR) is 96.6 cm³/mol. The monoisotopic (exact) mass is 319 g/mol. The SMILES string of the molecule is CCCCCCCCCCCCCCN1C=CSC1.Cl. The van der Waals surface area contributed by atoms with Gasteiger partial charge in [0.15, 0.2) is 0 Å². The van der Waals surface area contributed by atoms with E-state index in [1.807, 2.05) is 11.8 Å². The highest BCUT2D eigenvalue weighted by atomic mass is 35.5. The van der Waals surface area contributed by atoms with E-state index in [9.17, 15) is 0 Å². The van der Waals surface area contributed by atoms with Crippen LogP contribution in [0.25, 0.3) is 0 Å². The summed E-state index contributed by atoms with van der Waals surface area (Å²) in [6.45, 7) is 3.56. The van der Waals surface area contributed by atoms with Crippen LogP contribution in [0.3, 0.4) is 0 Å². The molecule has 0 bridgehead atoms. The Labute approximate surface area is 137 Å². The second-order valence-corrected chi connectivity index (χ2v) is 6.65. The fraction of sp³-hybridized carbons (Fsp3) is 0.882. The Kier molecular flexibility index (Phi) is 15.7. The zero-order valence-electron chi connectivity index (χ0n) is 13.3. The largest absolute Gasteiger partial charge is 0.367 e. The highest BCUT2D eigenvalue weighted by Gasteiger charge is 2.02. The third-order valence-electron chi connectivity index (χ3n) is 3.91. The van der Waals surface area contributed by atoms with Crippen LogP contribution in [0.2, 0.25) is 0 Å². The molecule has 0 spiro atoms. The molecule has 0 radical (unpaired) electrons. The molecule has 0 saturated carbocycles. The molecule has 3 heteroatoms. The van der Waals surface area contributed by atoms with Crippen LogP contribution in [0, 0.1) is 0 Å². The molecule has 0 aromatic carbocycles. The van der Waals surface area contributed by atoms with Crippen LogP contribution < -0.4 is 0 Å². The highest BCUT2D eigenvalue weighted by Crippen LogP contribution is 2.16. The second kappa shape index (κ2) is 15.6. The third-order valence-corrected chi connectivity index (χ3v) is 4.70. The Morgan fingerprint density at radius 2 is 1.30 bits per heavy atom. The molecule has 1 aliphatic rings. The topological polar surface area (TPSA) is 3.24 Å². The highest BCUT2D eigenvalue weighted by molar-refractivity contribution is 8.02. The maximum atomic E-state index is 2.43. The summed E-state index contributed by atoms with van der Waals surface area (Å²) >= 11 is 1.91. The molecule has 0 fully saturated rings. The molecule has 0 N–H and O–H groups in total. The minimum atomic E-state index is 0. The van der Waals surface area contributed by atoms with Crippen molar-refractivity contribution < 1.29 is 0 Å². The molecule has 0 saturated heterocycles. The van der Waals surface area contributed by atoms with Crippen molar-refractivity contribution in [3.63, 3.8) is 0 Å². The first-order valence-corrected chi connectivity index (χ1v) is 9.50. The molecule has 1 nitrogen and oxygen atoms in total. The Morgan fingerprint density at radius 3 is 1.75 bits per heavy atom. The van der Waals surface area contributed by atoms with Crippen LogP contribution in [0.1, 0.15) is 84.0 Å². The number of halogens is 1. The second-order valence-electron chi connectivity index (χ2n) is 5.78. The number of rotatable bonds is 13. The number of nitrogens with zero attached hydrogens (tertiary/aromatic N) is 1. The minimum absolute atomic E-state index is 0. The Balaban J connectivity index is 0.00000361. The van der Waals surface area contributed by atoms with Gasteiger partial charge in [-0.1, -0.05) is 77.6 Å². The van der Waals surface area contributed by atoms with E-state index in [-0.39, 0.29) is 12.4 Å². The Morgan fingerprint density at radius 1 is 0.800 bits per heavy atom. The third kappa shape index (κ3) is 12.0. The number of thioether (sulfide) groups is 1. The predicted octanol–water partition coefficient (Wildman–Crippen LogP) is 6.59. The smallest absolute Gasteiger partial charge is 0.0675 e. The Hall–Kier alpha value is 0.180. The van der Waals surface area contributed by atoms with Crippen LogP contribution in [-0.4, -0.2) is 17.3 Å². The fourth-order valence-electron chi connectivity index (χ4n) is 2.61. The van der Waals surface area contributed by atoms with E-state index in [4.69, 9.17) is 0 Å². The molecule has 0 atom stereocenters. The standard InChI is InChI=1S/C17H33NS.ClH/c1-2-3-4-5-6-7-8-9-10-11-12-13-14-18-15-16-19-17-18;/h15-16H,2-14,17H2,1H3;1H. The average molecular weight is 320 g/mol. The molecular formula is C17H34ClNS. The molecule has 0 aliphatic carbocycles. The van der Waals surface area contributed by atoms with Crippen LogP contribution >= 0.6 is 24.2 Å². The zero-order chi connectivity index (χ0) is 13.6. The van der Waals surface area contributed by atoms with Crippen molar-refractivity contribution in [1.29, 1.82) is 0 Å². The van der Waals surface area contributed by atoms with Gasteiger partial charge in [-0.15, -0.1) is 24.2 Å². The van der Waals surface area contributed by atoms with Gasteiger partial charge in [-0.25, -0.2) is 0 Å². The van der Waals surface area contributed by atoms with Crippen molar-refractivity contribution in [2.75, 3.05) is 12.4 Å². The quantitative estimate of drug-likeness (QED) is 0.352. The maximum absolute atomic E-state index is 2.43. The Bertz CT molecular complexity index is 221. The summed E-state index contributed by atoms with van der Waals surface area (Å²) in [7, 11) is 0. The summed E-state index contributed by atoms with van der Waals surface area (Å²) in [5, 5.41) is 2.21. The fourth-order valence-corrected chi connectivity index (χ4v) is 3.36. The van der Waals surface area contributed by atoms with Gasteiger partial charge in [0.25, 0.3) is 0 Å². The molecule has 1 rings (SSSR count). The molecular weight excluding hydrogens is 286 g/mol. The summed E-state index contributed by atoms with van der Waals surface area (Å²) in [4.78, 5) is 2.43. The van der Waals surface area contributed by atoms with Crippen LogP contribution in [0.4, 0.5) is 0 Å². The van der Waals surface area contributed by atoms with Gasteiger partial charge >= 0.3 is 0 Å². The molecule has 0 aromatic rings. The van der Waals surface area contributed by atoms with E-state index in [0.717, 1.165) is 0 Å². The van der Waals surface area contributed by atoms with Crippen molar-refractivity contribution in [3.05, 3.63) is 11.6 Å². The molecule has 0 unspecified atom stereocenters. The first-order valence-electron chi connectivity index (χ1n) is 8.46. The maximum Gasteiger partial charge on any atom is 0.0675 e. The van der Waals surface area contributed by atoms with Crippen LogP contribution in [-0.2, 0) is 0 Å². The molecule has 0 amide bonds. The molecule has 1 aliphatic heterocycles. The van der Waals surface area contributed by atoms with E-state index in [2.05, 4.69) is 23.4 Å². The van der Waals surface area contributed by atoms with Gasteiger partial charge in [0.05, 0.1) is 5.88 Å². The summed E-state index contributed by atoms with van der Waals surface area (Å²) in [6, 6.07) is 0. The van der Waals surface area contributed by atoms with Crippen LogP contribution in [0.5, 0.6) is 0 Å². The molecule has 20 heavy (non-hydrogen) atoms. The van der Waals surface area contributed by atoms with Crippen molar-refractivity contribution >= 4 is 24.2 Å². The normalized spacial score (nSPS) is 13.8. The van der Waals surface area contributed by atoms with Crippen molar-refractivity contribution in [1.82, 2.24) is 4.90 Å². The number of hydrogen-bond acceptors (Lipinski definition) is 2. The number of unbranched alkanes of at least 4 members (excludes halogenated alkanes) is 11. The zero-order valence-corrected chi connectivity index (χ0v) is 15.0. The average Bonchev–Trinajstić information content (AvgIpc) is 2.93. The van der Waals surface area contributed by atoms with Gasteiger partial charge in [0, 0.05) is 12.7 Å². The minimum Gasteiger partial charge on any atom is -0.367 e. The van der Waals surface area contributed by atoms with Crippen LogP contribution in [0.15, 0.2) is 11.6 Å². The van der Waals surface area contributed by atoms with E-state index in [0.29, 0.717) is 0 Å². The first kappa shape index (κ1) is 20.2. The first-order chi connectivity index (χ1) is 9.43. The van der Waals surface area contributed by atoms with E-state index < -0.39 is 0 Å². The lowest BCUT2D eigenvalue weighted by Crippen LogP contribution is -2.14. The van der Waals surface area contributed by atoms with Crippen molar-refractivity contribution in [2.24, 2.45) is 0 Å². The molecule has 0 aromatic heterocycles. The van der Waals surface area contributed by atoms with E-state index >= 15 is 0 Å². The van der Waals surface area contributed by atoms with E-state index in [1.165, 1.54) is 89.5 Å². The van der Waals surface area contributed by atoms with Gasteiger partial charge in [-0.05, 0) is 11.8 Å². The lowest BCUT2D eigenvalue weighted by Gasteiger charge is -2.13. The summed E-state index contributed by atoms with van der Waals surface area (Å²) in [5.41, 5.74) is 0. The number of hydrogen-bond donors (Lipinski definition) is 0. The molecule has 120 valence electrons. The van der Waals surface area contributed by atoms with Gasteiger partial charge in [0.2, 0.25) is 0 Å². The lowest BCUT2D eigenvalue weighted by atomic mass is 10.1. The van der Waals surface area contributed by atoms with Crippen molar-refractivity contribution in [3.8, 4) is 0 Å². The van der Waals surface area contributed by atoms with Gasteiger partial charge in [0.1, 0.15) is 0 Å². The summed E-state index contributed by atoms with van der Waals surface area (Å²) in [6.07, 6.45) is 19.5. The van der Waals surface area contributed by atoms with Crippen molar-refractivity contribution in [2.45, 2.75) is 84.0 Å². The lowest BCUT2D eigenvalue weighted by molar-refractivity contribution is 0.420. The summed E-state index contributed by atoms with van der Waals surface area (Å²) in [5.74, 6) is 1.18. The molecule has 1 heterocycles. The summed E-state index contributed by atoms with van der Waals surface area (Å²) < 4.78 is 0.